The third kappa shape index (κ3) is 6.17. The van der Waals surface area contributed by atoms with Crippen molar-refractivity contribution in [1.82, 2.24) is 4.90 Å². The van der Waals surface area contributed by atoms with E-state index < -0.39 is 40.8 Å². The molecule has 0 aromatic heterocycles. The van der Waals surface area contributed by atoms with E-state index in [0.717, 1.165) is 18.2 Å². The summed E-state index contributed by atoms with van der Waals surface area (Å²) in [6, 6.07) is 7.97. The average Bonchev–Trinajstić information content (AvgIpc) is 3.25. The van der Waals surface area contributed by atoms with Crippen molar-refractivity contribution in [1.29, 1.82) is 5.26 Å². The maximum atomic E-state index is 15.3. The minimum absolute atomic E-state index is 0.0284. The molecule has 0 aliphatic carbocycles. The van der Waals surface area contributed by atoms with Gasteiger partial charge in [-0.15, -0.1) is 0 Å². The molecular formula is C26H28F4N6O3. The van der Waals surface area contributed by atoms with Crippen LogP contribution in [0.4, 0.5) is 28.9 Å². The first kappa shape index (κ1) is 29.5. The maximum absolute atomic E-state index is 15.3. The summed E-state index contributed by atoms with van der Waals surface area (Å²) >= 11 is 0. The molecule has 1 saturated heterocycles. The average molecular weight is 549 g/mol. The molecule has 0 amide bonds. The summed E-state index contributed by atoms with van der Waals surface area (Å²) in [6.07, 6.45) is -4.82. The summed E-state index contributed by atoms with van der Waals surface area (Å²) < 4.78 is 61.8. The Morgan fingerprint density at radius 2 is 1.85 bits per heavy atom. The van der Waals surface area contributed by atoms with Crippen LogP contribution in [0.15, 0.2) is 46.6 Å². The molecule has 0 spiro atoms. The molecule has 1 aliphatic rings. The van der Waals surface area contributed by atoms with Crippen LogP contribution >= 0.6 is 0 Å². The summed E-state index contributed by atoms with van der Waals surface area (Å²) in [6.45, 7) is 3.83. The first-order chi connectivity index (χ1) is 18.3. The van der Waals surface area contributed by atoms with Crippen molar-refractivity contribution >= 4 is 23.6 Å². The standard InChI is InChI=1S/C26H28F4N6O3/c1-25(2,15-37)36(18-8-9-22(20(27)11-18)39-23-14-34(4)13-21(23)33-38)24(32-3)35(5)17-7-6-16(12-31)19(10-17)26(28,29)30/h6-11,15,21,23H,13-14H2,1-5H3/b32-24+. The Labute approximate surface area is 223 Å². The van der Waals surface area contributed by atoms with Crippen LogP contribution in [0, 0.1) is 22.1 Å². The number of hydrogen-bond donors (Lipinski definition) is 0. The molecule has 2 aromatic carbocycles. The van der Waals surface area contributed by atoms with Crippen LogP contribution in [0.5, 0.6) is 5.75 Å². The van der Waals surface area contributed by atoms with Gasteiger partial charge in [0.25, 0.3) is 0 Å². The number of aldehydes is 1. The fraction of sp³-hybridized carbons (Fsp3) is 0.423. The minimum atomic E-state index is -4.78. The molecule has 0 saturated carbocycles. The molecule has 0 radical (unpaired) electrons. The van der Waals surface area contributed by atoms with Crippen molar-refractivity contribution in [3.05, 3.63) is 58.2 Å². The number of likely N-dealkylation sites (N-methyl/N-ethyl adjacent to an activating group) is 1. The number of nitrogens with zero attached hydrogens (tertiary/aromatic N) is 6. The molecule has 13 heteroatoms. The maximum Gasteiger partial charge on any atom is 0.417 e. The molecule has 39 heavy (non-hydrogen) atoms. The molecule has 3 rings (SSSR count). The van der Waals surface area contributed by atoms with Crippen molar-refractivity contribution in [2.24, 2.45) is 10.2 Å². The van der Waals surface area contributed by atoms with Gasteiger partial charge in [-0.1, -0.05) is 5.18 Å². The molecule has 9 nitrogen and oxygen atoms in total. The van der Waals surface area contributed by atoms with E-state index in [2.05, 4.69) is 10.2 Å². The number of likely N-dealkylation sites (tertiary alicyclic amines) is 1. The number of alkyl halides is 3. The Morgan fingerprint density at radius 3 is 2.38 bits per heavy atom. The number of hydrogen-bond acceptors (Lipinski definition) is 7. The van der Waals surface area contributed by atoms with Gasteiger partial charge >= 0.3 is 6.18 Å². The summed E-state index contributed by atoms with van der Waals surface area (Å²) in [7, 11) is 4.60. The second-order valence-electron chi connectivity index (χ2n) is 9.69. The van der Waals surface area contributed by atoms with Gasteiger partial charge in [0.05, 0.1) is 22.7 Å². The summed E-state index contributed by atoms with van der Waals surface area (Å²) in [5.41, 5.74) is -2.79. The van der Waals surface area contributed by atoms with Crippen LogP contribution in [0.25, 0.3) is 0 Å². The monoisotopic (exact) mass is 548 g/mol. The van der Waals surface area contributed by atoms with Crippen LogP contribution in [0.2, 0.25) is 0 Å². The molecule has 0 bridgehead atoms. The highest BCUT2D eigenvalue weighted by atomic mass is 19.4. The van der Waals surface area contributed by atoms with E-state index in [4.69, 9.17) is 10.00 Å². The quantitative estimate of drug-likeness (QED) is 0.166. The topological polar surface area (TPSA) is 102 Å². The number of nitriles is 1. The van der Waals surface area contributed by atoms with Gasteiger partial charge in [0.1, 0.15) is 18.4 Å². The van der Waals surface area contributed by atoms with Crippen LogP contribution in [-0.2, 0) is 11.0 Å². The van der Waals surface area contributed by atoms with E-state index in [0.29, 0.717) is 19.4 Å². The first-order valence-corrected chi connectivity index (χ1v) is 11.8. The number of carbonyl (C=O) groups is 1. The lowest BCUT2D eigenvalue weighted by atomic mass is 10.0. The predicted molar refractivity (Wildman–Crippen MR) is 138 cm³/mol. The van der Waals surface area contributed by atoms with Crippen LogP contribution < -0.4 is 14.5 Å². The Kier molecular flexibility index (Phi) is 8.60. The van der Waals surface area contributed by atoms with E-state index in [1.165, 1.54) is 62.0 Å². The third-order valence-corrected chi connectivity index (χ3v) is 6.39. The highest BCUT2D eigenvalue weighted by Crippen LogP contribution is 2.36. The van der Waals surface area contributed by atoms with Gasteiger partial charge in [0.2, 0.25) is 5.96 Å². The highest BCUT2D eigenvalue weighted by Gasteiger charge is 2.37. The van der Waals surface area contributed by atoms with Crippen molar-refractivity contribution < 1.29 is 27.1 Å². The van der Waals surface area contributed by atoms with Crippen molar-refractivity contribution in [2.45, 2.75) is 37.7 Å². The molecule has 0 N–H and O–H groups in total. The molecule has 2 aromatic rings. The lowest BCUT2D eigenvalue weighted by Gasteiger charge is -2.40. The lowest BCUT2D eigenvalue weighted by Crippen LogP contribution is -2.55. The number of aliphatic imine (C=N–C) groups is 1. The predicted octanol–water partition coefficient (Wildman–Crippen LogP) is 4.45. The van der Waals surface area contributed by atoms with E-state index in [-0.39, 0.29) is 23.1 Å². The second kappa shape index (κ2) is 11.4. The van der Waals surface area contributed by atoms with E-state index in [1.54, 1.807) is 7.05 Å². The summed E-state index contributed by atoms with van der Waals surface area (Å²) in [4.78, 5) is 32.0. The SMILES string of the molecule is C/N=C(\N(C)c1ccc(C#N)c(C(F)(F)F)c1)N(c1ccc(OC2CN(C)CC2N=O)c(F)c1)C(C)(C)C=O. The van der Waals surface area contributed by atoms with E-state index in [1.807, 2.05) is 4.90 Å². The summed E-state index contributed by atoms with van der Waals surface area (Å²) in [5.74, 6) is -0.878. The van der Waals surface area contributed by atoms with Crippen molar-refractivity contribution in [3.8, 4) is 11.8 Å². The van der Waals surface area contributed by atoms with Crippen molar-refractivity contribution in [2.75, 3.05) is 44.0 Å². The smallest absolute Gasteiger partial charge is 0.417 e. The van der Waals surface area contributed by atoms with E-state index >= 15 is 4.39 Å². The Bertz CT molecular complexity index is 1310. The molecule has 1 heterocycles. The van der Waals surface area contributed by atoms with Gasteiger partial charge < -0.3 is 19.3 Å². The number of carbonyl (C=O) groups excluding carboxylic acids is 1. The highest BCUT2D eigenvalue weighted by molar-refractivity contribution is 6.09. The van der Waals surface area contributed by atoms with Gasteiger partial charge in [-0.3, -0.25) is 9.89 Å². The van der Waals surface area contributed by atoms with Crippen LogP contribution in [0.1, 0.15) is 25.0 Å². The van der Waals surface area contributed by atoms with Gasteiger partial charge in [-0.2, -0.15) is 23.3 Å². The third-order valence-electron chi connectivity index (χ3n) is 6.39. The Balaban J connectivity index is 2.02. The largest absolute Gasteiger partial charge is 0.484 e. The zero-order chi connectivity index (χ0) is 29.1. The fourth-order valence-corrected chi connectivity index (χ4v) is 4.39. The molecule has 208 valence electrons. The number of ether oxygens (including phenoxy) is 1. The Hall–Kier alpha value is -4.05. The molecule has 1 fully saturated rings. The number of guanidine groups is 1. The first-order valence-electron chi connectivity index (χ1n) is 11.8. The second-order valence-corrected chi connectivity index (χ2v) is 9.69. The molecule has 2 unspecified atom stereocenters. The summed E-state index contributed by atoms with van der Waals surface area (Å²) in [5, 5.41) is 12.2. The van der Waals surface area contributed by atoms with Gasteiger partial charge in [0, 0.05) is 44.6 Å². The number of rotatable bonds is 7. The lowest BCUT2D eigenvalue weighted by molar-refractivity contribution is -0.137. The number of halogens is 4. The molecular weight excluding hydrogens is 520 g/mol. The van der Waals surface area contributed by atoms with Crippen LogP contribution in [0.3, 0.4) is 0 Å². The Morgan fingerprint density at radius 1 is 1.18 bits per heavy atom. The number of anilines is 2. The minimum Gasteiger partial charge on any atom is -0.484 e. The zero-order valence-electron chi connectivity index (χ0n) is 22.0. The zero-order valence-corrected chi connectivity index (χ0v) is 22.0. The number of benzene rings is 2. The molecule has 2 atom stereocenters. The van der Waals surface area contributed by atoms with E-state index in [9.17, 15) is 22.9 Å². The van der Waals surface area contributed by atoms with Gasteiger partial charge in [-0.05, 0) is 51.2 Å². The number of nitroso groups, excluding NO2 is 1. The van der Waals surface area contributed by atoms with Crippen molar-refractivity contribution in [3.63, 3.8) is 0 Å². The molecule has 1 aliphatic heterocycles. The fourth-order valence-electron chi connectivity index (χ4n) is 4.39. The van der Waals surface area contributed by atoms with Gasteiger partial charge in [0.15, 0.2) is 11.6 Å². The normalized spacial score (nSPS) is 18.4. The van der Waals surface area contributed by atoms with Gasteiger partial charge in [-0.25, -0.2) is 4.39 Å². The van der Waals surface area contributed by atoms with Crippen LogP contribution in [-0.4, -0.2) is 69.1 Å².